The highest BCUT2D eigenvalue weighted by Gasteiger charge is 2.23. The maximum atomic E-state index is 6.16. The zero-order chi connectivity index (χ0) is 12.5. The number of hydrogen-bond acceptors (Lipinski definition) is 2. The van der Waals surface area contributed by atoms with Crippen molar-refractivity contribution in [3.63, 3.8) is 0 Å². The van der Waals surface area contributed by atoms with Gasteiger partial charge in [0.1, 0.15) is 6.10 Å². The van der Waals surface area contributed by atoms with E-state index in [-0.39, 0.29) is 6.10 Å². The molecule has 2 aromatic carbocycles. The molecule has 0 spiro atoms. The van der Waals surface area contributed by atoms with Crippen molar-refractivity contribution in [2.45, 2.75) is 6.10 Å². The maximum Gasteiger partial charge on any atom is 0.162 e. The SMILES string of the molecule is Clc1cccc2c1OC(c1ccccc1Br)CN2. The molecular weight excluding hydrogens is 314 g/mol. The fourth-order valence-corrected chi connectivity index (χ4v) is 2.82. The summed E-state index contributed by atoms with van der Waals surface area (Å²) in [7, 11) is 0. The Kier molecular flexibility index (Phi) is 3.18. The number of ether oxygens (including phenoxy) is 1. The van der Waals surface area contributed by atoms with Gasteiger partial charge in [0, 0.05) is 10.0 Å². The highest BCUT2D eigenvalue weighted by Crippen LogP contribution is 2.40. The van der Waals surface area contributed by atoms with Crippen molar-refractivity contribution < 1.29 is 4.74 Å². The van der Waals surface area contributed by atoms with Gasteiger partial charge in [-0.05, 0) is 18.2 Å². The second-order valence-corrected chi connectivity index (χ2v) is 5.39. The quantitative estimate of drug-likeness (QED) is 0.824. The van der Waals surface area contributed by atoms with E-state index >= 15 is 0 Å². The van der Waals surface area contributed by atoms with Crippen LogP contribution in [0.5, 0.6) is 5.75 Å². The summed E-state index contributed by atoms with van der Waals surface area (Å²) in [5, 5.41) is 3.98. The minimum Gasteiger partial charge on any atom is -0.480 e. The Morgan fingerprint density at radius 2 is 2.00 bits per heavy atom. The molecule has 0 radical (unpaired) electrons. The first-order valence-corrected chi connectivity index (χ1v) is 6.86. The van der Waals surface area contributed by atoms with Gasteiger partial charge in [-0.1, -0.05) is 51.8 Å². The highest BCUT2D eigenvalue weighted by molar-refractivity contribution is 9.10. The van der Waals surface area contributed by atoms with E-state index < -0.39 is 0 Å². The number of halogens is 2. The lowest BCUT2D eigenvalue weighted by Crippen LogP contribution is -2.24. The lowest BCUT2D eigenvalue weighted by atomic mass is 10.1. The van der Waals surface area contributed by atoms with E-state index in [4.69, 9.17) is 16.3 Å². The molecule has 1 N–H and O–H groups in total. The summed E-state index contributed by atoms with van der Waals surface area (Å²) < 4.78 is 7.05. The fraction of sp³-hybridized carbons (Fsp3) is 0.143. The van der Waals surface area contributed by atoms with E-state index in [2.05, 4.69) is 27.3 Å². The molecule has 18 heavy (non-hydrogen) atoms. The van der Waals surface area contributed by atoms with Crippen LogP contribution in [0, 0.1) is 0 Å². The van der Waals surface area contributed by atoms with Crippen LogP contribution >= 0.6 is 27.5 Å². The van der Waals surface area contributed by atoms with Crippen LogP contribution in [0.1, 0.15) is 11.7 Å². The summed E-state index contributed by atoms with van der Waals surface area (Å²) in [6, 6.07) is 13.8. The molecule has 0 bridgehead atoms. The molecule has 1 unspecified atom stereocenters. The summed E-state index contributed by atoms with van der Waals surface area (Å²) in [5.41, 5.74) is 2.07. The molecule has 92 valence electrons. The Morgan fingerprint density at radius 1 is 1.17 bits per heavy atom. The van der Waals surface area contributed by atoms with Crippen molar-refractivity contribution in [3.05, 3.63) is 57.5 Å². The molecule has 0 aliphatic carbocycles. The van der Waals surface area contributed by atoms with Crippen LogP contribution in [0.15, 0.2) is 46.9 Å². The Labute approximate surface area is 119 Å². The number of rotatable bonds is 1. The largest absolute Gasteiger partial charge is 0.480 e. The molecule has 0 saturated heterocycles. The third-order valence-corrected chi connectivity index (χ3v) is 3.98. The smallest absolute Gasteiger partial charge is 0.162 e. The van der Waals surface area contributed by atoms with Gasteiger partial charge in [-0.3, -0.25) is 0 Å². The van der Waals surface area contributed by atoms with Crippen LogP contribution < -0.4 is 10.1 Å². The molecule has 2 nitrogen and oxygen atoms in total. The van der Waals surface area contributed by atoms with E-state index in [1.807, 2.05) is 36.4 Å². The minimum absolute atomic E-state index is 0.0343. The van der Waals surface area contributed by atoms with Crippen molar-refractivity contribution in [3.8, 4) is 5.75 Å². The lowest BCUT2D eigenvalue weighted by molar-refractivity contribution is 0.210. The Balaban J connectivity index is 1.96. The van der Waals surface area contributed by atoms with Crippen LogP contribution in [0.3, 0.4) is 0 Å². The lowest BCUT2D eigenvalue weighted by Gasteiger charge is -2.28. The molecule has 0 aromatic heterocycles. The van der Waals surface area contributed by atoms with Gasteiger partial charge in [-0.15, -0.1) is 0 Å². The standard InChI is InChI=1S/C14H11BrClNO/c15-10-5-2-1-4-9(10)13-8-17-12-7-3-6-11(16)14(12)18-13/h1-7,13,17H,8H2. The van der Waals surface area contributed by atoms with Gasteiger partial charge in [0.2, 0.25) is 0 Å². The molecule has 1 atom stereocenters. The molecule has 1 aliphatic rings. The normalized spacial score (nSPS) is 17.6. The summed E-state index contributed by atoms with van der Waals surface area (Å²) in [6.45, 7) is 0.732. The predicted molar refractivity (Wildman–Crippen MR) is 77.5 cm³/mol. The van der Waals surface area contributed by atoms with Crippen molar-refractivity contribution >= 4 is 33.2 Å². The van der Waals surface area contributed by atoms with Gasteiger partial charge >= 0.3 is 0 Å². The molecule has 1 aliphatic heterocycles. The van der Waals surface area contributed by atoms with Gasteiger partial charge in [0.15, 0.2) is 5.75 Å². The van der Waals surface area contributed by atoms with Crippen molar-refractivity contribution in [2.75, 3.05) is 11.9 Å². The zero-order valence-electron chi connectivity index (χ0n) is 9.49. The second kappa shape index (κ2) is 4.82. The summed E-state index contributed by atoms with van der Waals surface area (Å²) >= 11 is 9.71. The van der Waals surface area contributed by atoms with E-state index in [0.717, 1.165) is 28.0 Å². The number of hydrogen-bond donors (Lipinski definition) is 1. The van der Waals surface area contributed by atoms with Gasteiger partial charge in [-0.25, -0.2) is 0 Å². The molecule has 0 saturated carbocycles. The van der Waals surface area contributed by atoms with Crippen LogP contribution in [0.25, 0.3) is 0 Å². The number of para-hydroxylation sites is 1. The van der Waals surface area contributed by atoms with E-state index in [0.29, 0.717) is 5.02 Å². The Bertz CT molecular complexity index is 588. The highest BCUT2D eigenvalue weighted by atomic mass is 79.9. The average molecular weight is 325 g/mol. The van der Waals surface area contributed by atoms with E-state index in [9.17, 15) is 0 Å². The van der Waals surface area contributed by atoms with Crippen molar-refractivity contribution in [1.82, 2.24) is 0 Å². The first-order valence-electron chi connectivity index (χ1n) is 5.69. The monoisotopic (exact) mass is 323 g/mol. The van der Waals surface area contributed by atoms with Crippen LogP contribution in [0.2, 0.25) is 5.02 Å². The molecule has 4 heteroatoms. The fourth-order valence-electron chi connectivity index (χ4n) is 2.06. The maximum absolute atomic E-state index is 6.16. The van der Waals surface area contributed by atoms with Gasteiger partial charge in [0.05, 0.1) is 17.3 Å². The second-order valence-electron chi connectivity index (χ2n) is 4.13. The summed E-state index contributed by atoms with van der Waals surface area (Å²) in [4.78, 5) is 0. The van der Waals surface area contributed by atoms with Crippen molar-refractivity contribution in [2.24, 2.45) is 0 Å². The first kappa shape index (κ1) is 11.9. The third-order valence-electron chi connectivity index (χ3n) is 2.96. The topological polar surface area (TPSA) is 21.3 Å². The minimum atomic E-state index is -0.0343. The van der Waals surface area contributed by atoms with E-state index in [1.165, 1.54) is 0 Å². The van der Waals surface area contributed by atoms with Gasteiger partial charge < -0.3 is 10.1 Å². The number of anilines is 1. The van der Waals surface area contributed by atoms with Crippen LogP contribution in [0.4, 0.5) is 5.69 Å². The molecular formula is C14H11BrClNO. The molecule has 3 rings (SSSR count). The zero-order valence-corrected chi connectivity index (χ0v) is 11.8. The number of benzene rings is 2. The molecule has 1 heterocycles. The first-order chi connectivity index (χ1) is 8.75. The Hall–Kier alpha value is -1.19. The third kappa shape index (κ3) is 2.08. The summed E-state index contributed by atoms with van der Waals surface area (Å²) in [6.07, 6.45) is -0.0343. The predicted octanol–water partition coefficient (Wildman–Crippen LogP) is 4.65. The molecule has 0 amide bonds. The average Bonchev–Trinajstić information content (AvgIpc) is 2.40. The molecule has 0 fully saturated rings. The van der Waals surface area contributed by atoms with Crippen LogP contribution in [-0.4, -0.2) is 6.54 Å². The van der Waals surface area contributed by atoms with Crippen LogP contribution in [-0.2, 0) is 0 Å². The number of fused-ring (bicyclic) bond motifs is 1. The summed E-state index contributed by atoms with van der Waals surface area (Å²) in [5.74, 6) is 0.728. The van der Waals surface area contributed by atoms with E-state index in [1.54, 1.807) is 0 Å². The Morgan fingerprint density at radius 3 is 2.83 bits per heavy atom. The van der Waals surface area contributed by atoms with Gasteiger partial charge in [0.25, 0.3) is 0 Å². The number of nitrogens with one attached hydrogen (secondary N) is 1. The van der Waals surface area contributed by atoms with Gasteiger partial charge in [-0.2, -0.15) is 0 Å². The molecule has 2 aromatic rings. The van der Waals surface area contributed by atoms with Crippen molar-refractivity contribution in [1.29, 1.82) is 0 Å².